The Balaban J connectivity index is 1.88. The van der Waals surface area contributed by atoms with E-state index in [4.69, 9.17) is 4.74 Å². The molecule has 0 radical (unpaired) electrons. The molecule has 0 aliphatic carbocycles. The zero-order valence-electron chi connectivity index (χ0n) is 10.8. The van der Waals surface area contributed by atoms with Crippen molar-refractivity contribution in [2.75, 3.05) is 0 Å². The third kappa shape index (κ3) is 2.74. The first kappa shape index (κ1) is 13.2. The van der Waals surface area contributed by atoms with Gasteiger partial charge in [0.25, 0.3) is 5.56 Å². The molecule has 0 amide bonds. The van der Waals surface area contributed by atoms with E-state index in [-0.39, 0.29) is 29.2 Å². The minimum Gasteiger partial charge on any atom is -0.486 e. The first-order chi connectivity index (χ1) is 10.1. The van der Waals surface area contributed by atoms with Gasteiger partial charge in [0.05, 0.1) is 5.52 Å². The largest absolute Gasteiger partial charge is 0.486 e. The lowest BCUT2D eigenvalue weighted by Gasteiger charge is -2.06. The van der Waals surface area contributed by atoms with Crippen LogP contribution in [0.15, 0.2) is 47.3 Å². The number of hydrogen-bond acceptors (Lipinski definition) is 3. The topological polar surface area (TPSA) is 55.0 Å². The van der Waals surface area contributed by atoms with Crippen LogP contribution in [-0.2, 0) is 6.61 Å². The average Bonchev–Trinajstić information content (AvgIpc) is 2.46. The van der Waals surface area contributed by atoms with Gasteiger partial charge in [0.15, 0.2) is 0 Å². The third-order valence-electron chi connectivity index (χ3n) is 2.92. The maximum atomic E-state index is 13.5. The molecule has 0 fully saturated rings. The fraction of sp³-hybridized carbons (Fsp3) is 0.0667. The minimum atomic E-state index is -0.618. The van der Waals surface area contributed by atoms with Crippen molar-refractivity contribution >= 4 is 10.9 Å². The number of benzene rings is 2. The summed E-state index contributed by atoms with van der Waals surface area (Å²) in [5.41, 5.74) is -0.299. The first-order valence-electron chi connectivity index (χ1n) is 6.19. The zero-order chi connectivity index (χ0) is 14.8. The Bertz CT molecular complexity index is 844. The lowest BCUT2D eigenvalue weighted by atomic mass is 10.2. The number of rotatable bonds is 3. The van der Waals surface area contributed by atoms with E-state index in [2.05, 4.69) is 9.97 Å². The molecule has 2 aromatic carbocycles. The SMILES string of the molecule is O=c1[nH]c(COc2ccc(F)cc2)nc2cccc(F)c12. The quantitative estimate of drug-likeness (QED) is 0.806. The minimum absolute atomic E-state index is 0.00662. The van der Waals surface area contributed by atoms with Crippen molar-refractivity contribution in [3.8, 4) is 5.75 Å². The second-order valence-electron chi connectivity index (χ2n) is 4.39. The lowest BCUT2D eigenvalue weighted by Crippen LogP contribution is -2.14. The van der Waals surface area contributed by atoms with Crippen molar-refractivity contribution in [1.82, 2.24) is 9.97 Å². The normalized spacial score (nSPS) is 10.8. The van der Waals surface area contributed by atoms with Gasteiger partial charge in [0, 0.05) is 0 Å². The number of aromatic amines is 1. The van der Waals surface area contributed by atoms with Crippen LogP contribution in [0.25, 0.3) is 10.9 Å². The van der Waals surface area contributed by atoms with Crippen LogP contribution in [0.2, 0.25) is 0 Å². The van der Waals surface area contributed by atoms with Gasteiger partial charge >= 0.3 is 0 Å². The highest BCUT2D eigenvalue weighted by Gasteiger charge is 2.08. The number of nitrogens with zero attached hydrogens (tertiary/aromatic N) is 1. The fourth-order valence-electron chi connectivity index (χ4n) is 1.95. The molecule has 106 valence electrons. The molecular weight excluding hydrogens is 278 g/mol. The lowest BCUT2D eigenvalue weighted by molar-refractivity contribution is 0.295. The van der Waals surface area contributed by atoms with Gasteiger partial charge in [0.2, 0.25) is 0 Å². The summed E-state index contributed by atoms with van der Waals surface area (Å²) in [5, 5.41) is -0.0805. The number of ether oxygens (including phenoxy) is 1. The average molecular weight is 288 g/mol. The highest BCUT2D eigenvalue weighted by atomic mass is 19.1. The van der Waals surface area contributed by atoms with Crippen LogP contribution in [0.3, 0.4) is 0 Å². The molecule has 4 nitrogen and oxygen atoms in total. The Morgan fingerprint density at radius 3 is 2.62 bits per heavy atom. The van der Waals surface area contributed by atoms with Crippen LogP contribution in [0.4, 0.5) is 8.78 Å². The first-order valence-corrected chi connectivity index (χ1v) is 6.19. The molecule has 0 aliphatic heterocycles. The van der Waals surface area contributed by atoms with Crippen LogP contribution in [0.1, 0.15) is 5.82 Å². The predicted molar refractivity (Wildman–Crippen MR) is 73.1 cm³/mol. The fourth-order valence-corrected chi connectivity index (χ4v) is 1.95. The molecular formula is C15H10F2N2O2. The number of halogens is 2. The summed E-state index contributed by atoms with van der Waals surface area (Å²) < 4.78 is 31.7. The van der Waals surface area contributed by atoms with Crippen LogP contribution in [0, 0.1) is 11.6 Å². The van der Waals surface area contributed by atoms with Gasteiger partial charge in [-0.1, -0.05) is 6.07 Å². The Morgan fingerprint density at radius 2 is 1.86 bits per heavy atom. The molecule has 1 heterocycles. The summed E-state index contributed by atoms with van der Waals surface area (Å²) in [6.07, 6.45) is 0. The highest BCUT2D eigenvalue weighted by molar-refractivity contribution is 5.77. The number of fused-ring (bicyclic) bond motifs is 1. The molecule has 3 aromatic rings. The maximum Gasteiger partial charge on any atom is 0.261 e. The van der Waals surface area contributed by atoms with E-state index in [1.807, 2.05) is 0 Å². The van der Waals surface area contributed by atoms with E-state index in [1.54, 1.807) is 6.07 Å². The number of nitrogens with one attached hydrogen (secondary N) is 1. The summed E-state index contributed by atoms with van der Waals surface area (Å²) in [6, 6.07) is 9.70. The van der Waals surface area contributed by atoms with Crippen molar-refractivity contribution in [3.63, 3.8) is 0 Å². The van der Waals surface area contributed by atoms with Crippen LogP contribution in [0.5, 0.6) is 5.75 Å². The molecule has 0 atom stereocenters. The van der Waals surface area contributed by atoms with Gasteiger partial charge in [-0.25, -0.2) is 13.8 Å². The van der Waals surface area contributed by atoms with E-state index in [9.17, 15) is 13.6 Å². The molecule has 0 aliphatic rings. The van der Waals surface area contributed by atoms with Gasteiger partial charge in [0.1, 0.15) is 35.2 Å². The van der Waals surface area contributed by atoms with Gasteiger partial charge in [-0.15, -0.1) is 0 Å². The molecule has 6 heteroatoms. The van der Waals surface area contributed by atoms with E-state index in [0.717, 1.165) is 0 Å². The maximum absolute atomic E-state index is 13.5. The van der Waals surface area contributed by atoms with E-state index >= 15 is 0 Å². The van der Waals surface area contributed by atoms with Crippen molar-refractivity contribution in [2.24, 2.45) is 0 Å². The van der Waals surface area contributed by atoms with Crippen LogP contribution >= 0.6 is 0 Å². The highest BCUT2D eigenvalue weighted by Crippen LogP contribution is 2.14. The second-order valence-corrected chi connectivity index (χ2v) is 4.39. The third-order valence-corrected chi connectivity index (χ3v) is 2.92. The molecule has 0 unspecified atom stereocenters. The Hall–Kier alpha value is -2.76. The molecule has 0 saturated heterocycles. The number of H-pyrrole nitrogens is 1. The van der Waals surface area contributed by atoms with Crippen LogP contribution in [-0.4, -0.2) is 9.97 Å². The second kappa shape index (κ2) is 5.32. The monoisotopic (exact) mass is 288 g/mol. The zero-order valence-corrected chi connectivity index (χ0v) is 10.8. The molecule has 21 heavy (non-hydrogen) atoms. The van der Waals surface area contributed by atoms with Gasteiger partial charge in [-0.3, -0.25) is 4.79 Å². The van der Waals surface area contributed by atoms with Crippen molar-refractivity contribution < 1.29 is 13.5 Å². The molecule has 1 aromatic heterocycles. The Labute approximate surface area is 118 Å². The summed E-state index contributed by atoms with van der Waals surface area (Å²) in [7, 11) is 0. The summed E-state index contributed by atoms with van der Waals surface area (Å²) >= 11 is 0. The van der Waals surface area contributed by atoms with Crippen molar-refractivity contribution in [1.29, 1.82) is 0 Å². The molecule has 0 bridgehead atoms. The van der Waals surface area contributed by atoms with E-state index < -0.39 is 11.4 Å². The predicted octanol–water partition coefficient (Wildman–Crippen LogP) is 2.78. The summed E-state index contributed by atoms with van der Waals surface area (Å²) in [4.78, 5) is 18.4. The van der Waals surface area contributed by atoms with Crippen molar-refractivity contribution in [2.45, 2.75) is 6.61 Å². The summed E-state index contributed by atoms with van der Waals surface area (Å²) in [5.74, 6) is -0.275. The van der Waals surface area contributed by atoms with E-state index in [1.165, 1.54) is 36.4 Å². The smallest absolute Gasteiger partial charge is 0.261 e. The van der Waals surface area contributed by atoms with E-state index in [0.29, 0.717) is 5.75 Å². The van der Waals surface area contributed by atoms with Crippen LogP contribution < -0.4 is 10.3 Å². The van der Waals surface area contributed by atoms with Crippen molar-refractivity contribution in [3.05, 3.63) is 70.3 Å². The number of aromatic nitrogens is 2. The molecule has 3 rings (SSSR count). The summed E-state index contributed by atoms with van der Waals surface area (Å²) in [6.45, 7) is -0.00662. The van der Waals surface area contributed by atoms with Gasteiger partial charge in [-0.2, -0.15) is 0 Å². The number of hydrogen-bond donors (Lipinski definition) is 1. The molecule has 1 N–H and O–H groups in total. The standard InChI is InChI=1S/C15H10F2N2O2/c16-9-4-6-10(7-5-9)21-8-13-18-12-3-1-2-11(17)14(12)15(20)19-13/h1-7H,8H2,(H,18,19,20). The van der Waals surface area contributed by atoms with Gasteiger partial charge in [-0.05, 0) is 36.4 Å². The Morgan fingerprint density at radius 1 is 1.10 bits per heavy atom. The molecule has 0 saturated carbocycles. The molecule has 0 spiro atoms. The van der Waals surface area contributed by atoms with Gasteiger partial charge < -0.3 is 9.72 Å². The Kier molecular flexibility index (Phi) is 3.35.